The molecule has 7 nitrogen and oxygen atoms in total. The first-order valence-electron chi connectivity index (χ1n) is 13.4. The van der Waals surface area contributed by atoms with Crippen LogP contribution in [0.15, 0.2) is 59.0 Å². The molecule has 39 heavy (non-hydrogen) atoms. The van der Waals surface area contributed by atoms with Crippen molar-refractivity contribution >= 4 is 23.8 Å². The van der Waals surface area contributed by atoms with Crippen molar-refractivity contribution in [1.82, 2.24) is 0 Å². The molecule has 7 heteroatoms. The summed E-state index contributed by atoms with van der Waals surface area (Å²) in [7, 11) is 1.50. The van der Waals surface area contributed by atoms with E-state index in [1.54, 1.807) is 12.1 Å². The van der Waals surface area contributed by atoms with Gasteiger partial charge in [0, 0.05) is 24.0 Å². The van der Waals surface area contributed by atoms with Gasteiger partial charge in [0.15, 0.2) is 0 Å². The zero-order valence-corrected chi connectivity index (χ0v) is 22.2. The molecule has 0 fully saturated rings. The molecule has 0 saturated heterocycles. The fraction of sp³-hybridized carbons (Fsp3) is 0.344. The molecule has 5 rings (SSSR count). The van der Waals surface area contributed by atoms with Crippen LogP contribution in [0.25, 0.3) is 17.4 Å². The number of carbonyl (C=O) groups excluding carboxylic acids is 3. The van der Waals surface area contributed by atoms with Crippen molar-refractivity contribution < 1.29 is 33.0 Å². The zero-order valence-electron chi connectivity index (χ0n) is 22.2. The van der Waals surface area contributed by atoms with Crippen LogP contribution in [-0.2, 0) is 14.3 Å². The van der Waals surface area contributed by atoms with E-state index in [0.717, 1.165) is 12.0 Å². The third-order valence-electron chi connectivity index (χ3n) is 7.19. The number of carbonyl (C=O) groups is 3. The molecule has 2 aromatic carbocycles. The average molecular weight is 529 g/mol. The first-order chi connectivity index (χ1) is 18.9. The number of hydrogen-bond acceptors (Lipinski definition) is 7. The first kappa shape index (κ1) is 26.5. The molecule has 202 valence electrons. The molecule has 0 amide bonds. The van der Waals surface area contributed by atoms with Gasteiger partial charge in [0.1, 0.15) is 34.4 Å². The maximum atomic E-state index is 13.6. The van der Waals surface area contributed by atoms with Crippen molar-refractivity contribution in [1.29, 1.82) is 0 Å². The number of cyclic esters (lactones) is 1. The second-order valence-electron chi connectivity index (χ2n) is 10.0. The van der Waals surface area contributed by atoms with Gasteiger partial charge in [0.2, 0.25) is 0 Å². The van der Waals surface area contributed by atoms with Gasteiger partial charge in [-0.15, -0.1) is 0 Å². The number of ketones is 1. The minimum Gasteiger partial charge on any atom is -0.495 e. The van der Waals surface area contributed by atoms with Gasteiger partial charge in [0.25, 0.3) is 0 Å². The third kappa shape index (κ3) is 5.82. The number of Topliss-reactive ketones (excluding diaryl/α,β-unsaturated/α-hetero) is 1. The van der Waals surface area contributed by atoms with Gasteiger partial charge in [-0.25, -0.2) is 4.79 Å². The number of fused-ring (bicyclic) bond motifs is 2. The molecular weight excluding hydrogens is 496 g/mol. The number of rotatable bonds is 3. The maximum absolute atomic E-state index is 13.6. The highest BCUT2D eigenvalue weighted by Crippen LogP contribution is 2.48. The minimum atomic E-state index is -0.523. The van der Waals surface area contributed by atoms with Gasteiger partial charge in [-0.05, 0) is 56.4 Å². The normalized spacial score (nSPS) is 21.1. The van der Waals surface area contributed by atoms with E-state index in [1.807, 2.05) is 55.5 Å². The van der Waals surface area contributed by atoms with E-state index in [0.29, 0.717) is 66.3 Å². The minimum absolute atomic E-state index is 0.0409. The predicted octanol–water partition coefficient (Wildman–Crippen LogP) is 6.88. The van der Waals surface area contributed by atoms with E-state index in [4.69, 9.17) is 18.6 Å². The number of allylic oxidation sites excluding steroid dienone is 1. The number of benzene rings is 2. The Morgan fingerprint density at radius 1 is 0.974 bits per heavy atom. The predicted molar refractivity (Wildman–Crippen MR) is 146 cm³/mol. The molecule has 3 heterocycles. The van der Waals surface area contributed by atoms with Crippen LogP contribution in [0.1, 0.15) is 85.0 Å². The summed E-state index contributed by atoms with van der Waals surface area (Å²) in [5.41, 5.74) is 2.31. The topological polar surface area (TPSA) is 92.0 Å². The van der Waals surface area contributed by atoms with Crippen LogP contribution < -0.4 is 9.47 Å². The summed E-state index contributed by atoms with van der Waals surface area (Å²) in [6.45, 7) is 1.83. The number of esters is 2. The van der Waals surface area contributed by atoms with Crippen LogP contribution in [0.4, 0.5) is 0 Å². The molecule has 1 unspecified atom stereocenters. The molecule has 3 aromatic rings. The van der Waals surface area contributed by atoms with Crippen LogP contribution in [0.3, 0.4) is 0 Å². The van der Waals surface area contributed by atoms with Crippen LogP contribution >= 0.6 is 0 Å². The van der Waals surface area contributed by atoms with Crippen molar-refractivity contribution in [3.8, 4) is 22.8 Å². The van der Waals surface area contributed by atoms with Crippen LogP contribution in [0, 0.1) is 0 Å². The molecule has 0 N–H and O–H groups in total. The zero-order chi connectivity index (χ0) is 27.4. The lowest BCUT2D eigenvalue weighted by molar-refractivity contribution is -0.135. The Morgan fingerprint density at radius 2 is 1.77 bits per heavy atom. The summed E-state index contributed by atoms with van der Waals surface area (Å²) in [4.78, 5) is 38.4. The highest BCUT2D eigenvalue weighted by Gasteiger charge is 2.37. The Bertz CT molecular complexity index is 1400. The van der Waals surface area contributed by atoms with Crippen LogP contribution in [-0.4, -0.2) is 30.9 Å². The van der Waals surface area contributed by atoms with Crippen molar-refractivity contribution in [2.24, 2.45) is 0 Å². The number of methoxy groups -OCH3 is 1. The van der Waals surface area contributed by atoms with Gasteiger partial charge < -0.3 is 18.6 Å². The third-order valence-corrected chi connectivity index (χ3v) is 7.19. The Kier molecular flexibility index (Phi) is 7.96. The van der Waals surface area contributed by atoms with Crippen LogP contribution in [0.2, 0.25) is 0 Å². The standard InChI is InChI=1S/C32H32O7/c1-20-10-9-15-23(33)14-8-4-7-13-22-18-27-30(31(36-2)29(22)32(35)37-20)24(19-28(34)39-27)26-17-16-25(38-26)21-11-5-3-6-12-21/h3,5-7,11-13,16-18,20,24H,4,8-10,14-15,19H2,1-2H3/b13-7+/t20-,24?/m0/s1. The van der Waals surface area contributed by atoms with E-state index in [9.17, 15) is 14.4 Å². The second-order valence-corrected chi connectivity index (χ2v) is 10.0. The smallest absolute Gasteiger partial charge is 0.342 e. The number of furan rings is 1. The van der Waals surface area contributed by atoms with Gasteiger partial charge in [0.05, 0.1) is 25.6 Å². The molecule has 0 saturated carbocycles. The van der Waals surface area contributed by atoms with Crippen molar-refractivity contribution in [3.05, 3.63) is 77.1 Å². The fourth-order valence-electron chi connectivity index (χ4n) is 5.25. The van der Waals surface area contributed by atoms with Crippen molar-refractivity contribution in [3.63, 3.8) is 0 Å². The Balaban J connectivity index is 1.60. The SMILES string of the molecule is COc1c2c(cc3c1C(c1ccc(-c4ccccc4)o1)CC(=O)O3)/C=C/CCCC(=O)CCC[C@H](C)OC2=O. The van der Waals surface area contributed by atoms with Gasteiger partial charge in [-0.1, -0.05) is 42.5 Å². The van der Waals surface area contributed by atoms with E-state index in [1.165, 1.54) is 7.11 Å². The first-order valence-corrected chi connectivity index (χ1v) is 13.4. The second kappa shape index (κ2) is 11.7. The van der Waals surface area contributed by atoms with Gasteiger partial charge in [-0.2, -0.15) is 0 Å². The van der Waals surface area contributed by atoms with Gasteiger partial charge >= 0.3 is 11.9 Å². The fourth-order valence-corrected chi connectivity index (χ4v) is 5.25. The molecule has 2 aliphatic rings. The lowest BCUT2D eigenvalue weighted by Gasteiger charge is -2.27. The molecular formula is C32H32O7. The summed E-state index contributed by atoms with van der Waals surface area (Å²) in [5, 5.41) is 0. The largest absolute Gasteiger partial charge is 0.495 e. The van der Waals surface area contributed by atoms with Crippen molar-refractivity contribution in [2.45, 2.75) is 63.9 Å². The lowest BCUT2D eigenvalue weighted by Crippen LogP contribution is -2.24. The van der Waals surface area contributed by atoms with E-state index >= 15 is 0 Å². The molecule has 2 atom stereocenters. The van der Waals surface area contributed by atoms with Gasteiger partial charge in [-0.3, -0.25) is 9.59 Å². The van der Waals surface area contributed by atoms with E-state index < -0.39 is 17.9 Å². The summed E-state index contributed by atoms with van der Waals surface area (Å²) in [6, 6.07) is 15.1. The molecule has 2 aliphatic heterocycles. The molecule has 0 aliphatic carbocycles. The Labute approximate surface area is 227 Å². The van der Waals surface area contributed by atoms with E-state index in [2.05, 4.69) is 0 Å². The maximum Gasteiger partial charge on any atom is 0.342 e. The molecule has 0 spiro atoms. The van der Waals surface area contributed by atoms with Crippen molar-refractivity contribution in [2.75, 3.05) is 7.11 Å². The van der Waals surface area contributed by atoms with E-state index in [-0.39, 0.29) is 23.9 Å². The highest BCUT2D eigenvalue weighted by molar-refractivity contribution is 5.99. The Hall–Kier alpha value is -4.13. The number of ether oxygens (including phenoxy) is 3. The summed E-state index contributed by atoms with van der Waals surface area (Å²) in [5.74, 6) is 0.685. The molecule has 0 radical (unpaired) electrons. The summed E-state index contributed by atoms with van der Waals surface area (Å²) < 4.78 is 23.6. The average Bonchev–Trinajstić information content (AvgIpc) is 3.42. The lowest BCUT2D eigenvalue weighted by atomic mass is 9.86. The summed E-state index contributed by atoms with van der Waals surface area (Å²) >= 11 is 0. The number of hydrogen-bond donors (Lipinski definition) is 0. The quantitative estimate of drug-likeness (QED) is 0.270. The Morgan fingerprint density at radius 3 is 2.56 bits per heavy atom. The van der Waals surface area contributed by atoms with Crippen LogP contribution in [0.5, 0.6) is 11.5 Å². The monoisotopic (exact) mass is 528 g/mol. The molecule has 0 bridgehead atoms. The molecule has 1 aromatic heterocycles. The summed E-state index contributed by atoms with van der Waals surface area (Å²) in [6.07, 6.45) is 7.05. The highest BCUT2D eigenvalue weighted by atomic mass is 16.5.